The molecule has 0 radical (unpaired) electrons. The van der Waals surface area contributed by atoms with Crippen molar-refractivity contribution in [3.05, 3.63) is 243 Å². The standard InChI is InChI=1S/C72H40O2Se/c1-3-16-43-39-64-59(34-41(43)14-1)57-36-45(28-31-62(57)73-64)68-48-18-5-7-20-50(48)70(51-21-8-6-19-49(51)68)47-30-33-66-61(38-47)72-56(26-13-27-67(72)75-66)71-54-24-11-9-22-52(54)69(53-23-10-12-25-55(53)71)46-29-32-63-58(37-46)60-35-42-15-2-4-17-44(42)40-65(60)74-63/h1-40H. The van der Waals surface area contributed by atoms with Crippen molar-refractivity contribution in [1.29, 1.82) is 0 Å². The van der Waals surface area contributed by atoms with Crippen molar-refractivity contribution in [2.75, 3.05) is 0 Å². The molecule has 346 valence electrons. The van der Waals surface area contributed by atoms with Crippen LogP contribution in [0.4, 0.5) is 0 Å². The Balaban J connectivity index is 0.871. The first kappa shape index (κ1) is 41.3. The van der Waals surface area contributed by atoms with E-state index in [0.29, 0.717) is 0 Å². The van der Waals surface area contributed by atoms with Crippen LogP contribution in [0, 0.1) is 0 Å². The predicted molar refractivity (Wildman–Crippen MR) is 320 cm³/mol. The SMILES string of the molecule is c1ccc2cc3c(cc2c1)oc1ccc(-c2c4ccccc4c(-c4ccc5[se]c6cccc(-c7c8ccccc8c(-c8ccc9oc%10cc%11ccccc%11cc%10c9c8)c8ccccc78)c6c5c4)c4ccccc24)cc13. The van der Waals surface area contributed by atoms with Crippen molar-refractivity contribution < 1.29 is 8.83 Å². The summed E-state index contributed by atoms with van der Waals surface area (Å²) in [6.07, 6.45) is 0. The van der Waals surface area contributed by atoms with E-state index in [9.17, 15) is 0 Å². The van der Waals surface area contributed by atoms with Gasteiger partial charge in [-0.1, -0.05) is 48.5 Å². The van der Waals surface area contributed by atoms with Crippen LogP contribution >= 0.6 is 0 Å². The van der Waals surface area contributed by atoms with Crippen LogP contribution in [0.3, 0.4) is 0 Å². The van der Waals surface area contributed by atoms with Crippen LogP contribution < -0.4 is 0 Å². The van der Waals surface area contributed by atoms with Gasteiger partial charge in [-0.3, -0.25) is 0 Å². The van der Waals surface area contributed by atoms with E-state index in [1.165, 1.54) is 128 Å². The van der Waals surface area contributed by atoms with Crippen LogP contribution in [0.5, 0.6) is 0 Å². The summed E-state index contributed by atoms with van der Waals surface area (Å²) < 4.78 is 15.9. The van der Waals surface area contributed by atoms with Crippen LogP contribution in [-0.4, -0.2) is 14.5 Å². The fourth-order valence-electron chi connectivity index (χ4n) is 12.9. The maximum absolute atomic E-state index is 6.51. The number of furan rings is 2. The Bertz CT molecular complexity index is 5200. The Morgan fingerprint density at radius 1 is 0.227 bits per heavy atom. The van der Waals surface area contributed by atoms with E-state index in [0.717, 1.165) is 43.9 Å². The van der Waals surface area contributed by atoms with Crippen LogP contribution in [0.15, 0.2) is 251 Å². The van der Waals surface area contributed by atoms with Gasteiger partial charge >= 0.3 is 340 Å². The van der Waals surface area contributed by atoms with Gasteiger partial charge in [0.2, 0.25) is 0 Å². The molecule has 0 aliphatic heterocycles. The Kier molecular flexibility index (Phi) is 8.60. The van der Waals surface area contributed by atoms with E-state index in [1.54, 1.807) is 0 Å². The first-order valence-electron chi connectivity index (χ1n) is 25.7. The molecule has 3 heterocycles. The van der Waals surface area contributed by atoms with Gasteiger partial charge in [0.1, 0.15) is 5.58 Å². The van der Waals surface area contributed by atoms with Crippen molar-refractivity contribution in [2.24, 2.45) is 0 Å². The summed E-state index contributed by atoms with van der Waals surface area (Å²) in [6, 6.07) is 90.0. The predicted octanol–water partition coefficient (Wildman–Crippen LogP) is 20.4. The molecule has 0 aliphatic carbocycles. The summed E-state index contributed by atoms with van der Waals surface area (Å²) in [5, 5.41) is 22.0. The third kappa shape index (κ3) is 6.02. The molecule has 0 bridgehead atoms. The fraction of sp³-hybridized carbons (Fsp3) is 0. The van der Waals surface area contributed by atoms with Gasteiger partial charge in [-0.25, -0.2) is 0 Å². The first-order valence-corrected chi connectivity index (χ1v) is 27.4. The molecule has 17 rings (SSSR count). The minimum atomic E-state index is 0.148. The number of benzene rings is 14. The molecular weight excluding hydrogens is 976 g/mol. The van der Waals surface area contributed by atoms with Crippen LogP contribution in [-0.2, 0) is 0 Å². The molecule has 2 nitrogen and oxygen atoms in total. The normalized spacial score (nSPS) is 12.3. The molecule has 75 heavy (non-hydrogen) atoms. The maximum atomic E-state index is 6.51. The van der Waals surface area contributed by atoms with Gasteiger partial charge in [-0.05, 0) is 39.7 Å². The van der Waals surface area contributed by atoms with Gasteiger partial charge < -0.3 is 4.42 Å². The van der Waals surface area contributed by atoms with E-state index in [4.69, 9.17) is 8.83 Å². The van der Waals surface area contributed by atoms with E-state index < -0.39 is 0 Å². The van der Waals surface area contributed by atoms with Gasteiger partial charge in [-0.15, -0.1) is 0 Å². The van der Waals surface area contributed by atoms with Crippen molar-refractivity contribution in [1.82, 2.24) is 0 Å². The molecule has 0 saturated carbocycles. The number of hydrogen-bond donors (Lipinski definition) is 0. The molecule has 0 N–H and O–H groups in total. The van der Waals surface area contributed by atoms with Crippen molar-refractivity contribution >= 4 is 142 Å². The number of fused-ring (bicyclic) bond motifs is 15. The van der Waals surface area contributed by atoms with Gasteiger partial charge in [0.15, 0.2) is 0 Å². The van der Waals surface area contributed by atoms with Crippen molar-refractivity contribution in [3.63, 3.8) is 0 Å². The third-order valence-electron chi connectivity index (χ3n) is 16.2. The molecule has 0 saturated heterocycles. The second kappa shape index (κ2) is 15.6. The van der Waals surface area contributed by atoms with Crippen molar-refractivity contribution in [3.8, 4) is 44.5 Å². The zero-order valence-electron chi connectivity index (χ0n) is 40.3. The first-order chi connectivity index (χ1) is 37.2. The molecule has 0 amide bonds. The van der Waals surface area contributed by atoms with E-state index in [1.807, 2.05) is 0 Å². The van der Waals surface area contributed by atoms with Crippen molar-refractivity contribution in [2.45, 2.75) is 0 Å². The van der Waals surface area contributed by atoms with Gasteiger partial charge in [0.25, 0.3) is 0 Å². The van der Waals surface area contributed by atoms with E-state index >= 15 is 0 Å². The number of rotatable bonds is 4. The molecule has 14 aromatic carbocycles. The zero-order chi connectivity index (χ0) is 48.9. The Hall–Kier alpha value is -9.24. The quantitative estimate of drug-likeness (QED) is 0.130. The summed E-state index contributed by atoms with van der Waals surface area (Å²) in [4.78, 5) is 0. The van der Waals surface area contributed by atoms with E-state index in [-0.39, 0.29) is 14.5 Å². The average molecular weight is 1020 g/mol. The monoisotopic (exact) mass is 1020 g/mol. The van der Waals surface area contributed by atoms with Crippen LogP contribution in [0.2, 0.25) is 0 Å². The van der Waals surface area contributed by atoms with Gasteiger partial charge in [0.05, 0.1) is 0 Å². The Morgan fingerprint density at radius 2 is 0.587 bits per heavy atom. The molecular formula is C72H40O2Se. The molecule has 0 fully saturated rings. The Labute approximate surface area is 435 Å². The molecule has 0 unspecified atom stereocenters. The Morgan fingerprint density at radius 3 is 1.03 bits per heavy atom. The van der Waals surface area contributed by atoms with Crippen LogP contribution in [0.1, 0.15) is 0 Å². The third-order valence-corrected chi connectivity index (χ3v) is 18.6. The molecule has 0 atom stereocenters. The molecule has 3 heteroatoms. The molecule has 3 aromatic heterocycles. The summed E-state index contributed by atoms with van der Waals surface area (Å²) in [6.45, 7) is 0. The molecule has 0 spiro atoms. The number of hydrogen-bond acceptors (Lipinski definition) is 2. The van der Waals surface area contributed by atoms with Gasteiger partial charge in [0, 0.05) is 0 Å². The van der Waals surface area contributed by atoms with Gasteiger partial charge in [-0.2, -0.15) is 0 Å². The minimum absolute atomic E-state index is 0.148. The summed E-state index contributed by atoms with van der Waals surface area (Å²) in [5.41, 5.74) is 13.6. The molecule has 17 aromatic rings. The summed E-state index contributed by atoms with van der Waals surface area (Å²) >= 11 is 0.148. The second-order valence-electron chi connectivity index (χ2n) is 20.2. The zero-order valence-corrected chi connectivity index (χ0v) is 42.0. The topological polar surface area (TPSA) is 26.3 Å². The summed E-state index contributed by atoms with van der Waals surface area (Å²) in [5.74, 6) is 0. The molecule has 0 aliphatic rings. The fourth-order valence-corrected chi connectivity index (χ4v) is 15.2. The summed E-state index contributed by atoms with van der Waals surface area (Å²) in [7, 11) is 0. The van der Waals surface area contributed by atoms with Crippen LogP contribution in [0.25, 0.3) is 172 Å². The average Bonchev–Trinajstić information content (AvgIpc) is 4.16. The second-order valence-corrected chi connectivity index (χ2v) is 22.5. The van der Waals surface area contributed by atoms with E-state index in [2.05, 4.69) is 243 Å².